The van der Waals surface area contributed by atoms with E-state index in [9.17, 15) is 4.79 Å². The number of piperidine rings is 1. The Morgan fingerprint density at radius 3 is 2.76 bits per heavy atom. The van der Waals surface area contributed by atoms with E-state index in [1.165, 1.54) is 18.4 Å². The molecule has 0 bridgehead atoms. The molecule has 90 valence electrons. The first-order valence-corrected chi connectivity index (χ1v) is 6.66. The second kappa shape index (κ2) is 4.61. The van der Waals surface area contributed by atoms with Crippen molar-refractivity contribution in [2.24, 2.45) is 5.92 Å². The summed E-state index contributed by atoms with van der Waals surface area (Å²) >= 11 is 0. The number of Topliss-reactive ketones (excluding diaryl/α,β-unsaturated/α-hetero) is 1. The van der Waals surface area contributed by atoms with Crippen molar-refractivity contribution in [3.63, 3.8) is 0 Å². The van der Waals surface area contributed by atoms with Crippen molar-refractivity contribution in [1.82, 2.24) is 4.90 Å². The monoisotopic (exact) mass is 229 g/mol. The first-order valence-electron chi connectivity index (χ1n) is 6.66. The summed E-state index contributed by atoms with van der Waals surface area (Å²) in [4.78, 5) is 14.7. The molecule has 0 amide bonds. The Morgan fingerprint density at radius 1 is 1.18 bits per heavy atom. The molecule has 2 aliphatic rings. The smallest absolute Gasteiger partial charge is 0.154 e. The van der Waals surface area contributed by atoms with Crippen molar-refractivity contribution in [2.75, 3.05) is 13.1 Å². The number of carbonyl (C=O) groups is 1. The SMILES string of the molecule is O=C1C(Cc2ccccc2)CN2CCCCC12. The van der Waals surface area contributed by atoms with Crippen LogP contribution in [-0.4, -0.2) is 29.8 Å². The standard InChI is InChI=1S/C15H19NO/c17-15-13(10-12-6-2-1-3-7-12)11-16-9-5-4-8-14(15)16/h1-3,6-7,13-14H,4-5,8-11H2. The summed E-state index contributed by atoms with van der Waals surface area (Å²) < 4.78 is 0. The lowest BCUT2D eigenvalue weighted by atomic mass is 9.93. The van der Waals surface area contributed by atoms with Crippen LogP contribution in [0.25, 0.3) is 0 Å². The Labute approximate surface area is 103 Å². The molecule has 0 aromatic heterocycles. The Hall–Kier alpha value is -1.15. The molecule has 2 heterocycles. The molecule has 2 heteroatoms. The molecule has 2 nitrogen and oxygen atoms in total. The van der Waals surface area contributed by atoms with Gasteiger partial charge in [-0.3, -0.25) is 9.69 Å². The van der Waals surface area contributed by atoms with E-state index in [-0.39, 0.29) is 12.0 Å². The number of rotatable bonds is 2. The Balaban J connectivity index is 1.71. The fourth-order valence-electron chi connectivity index (χ4n) is 3.24. The van der Waals surface area contributed by atoms with Crippen LogP contribution >= 0.6 is 0 Å². The van der Waals surface area contributed by atoms with Gasteiger partial charge in [0.25, 0.3) is 0 Å². The van der Waals surface area contributed by atoms with Gasteiger partial charge in [-0.15, -0.1) is 0 Å². The minimum Gasteiger partial charge on any atom is -0.298 e. The largest absolute Gasteiger partial charge is 0.298 e. The third-order valence-corrected chi connectivity index (χ3v) is 4.12. The minimum absolute atomic E-state index is 0.237. The van der Waals surface area contributed by atoms with Gasteiger partial charge in [0.1, 0.15) is 0 Å². The van der Waals surface area contributed by atoms with Crippen molar-refractivity contribution < 1.29 is 4.79 Å². The summed E-state index contributed by atoms with van der Waals surface area (Å²) in [6, 6.07) is 10.7. The second-order valence-electron chi connectivity index (χ2n) is 5.30. The number of nitrogens with zero attached hydrogens (tertiary/aromatic N) is 1. The number of ketones is 1. The van der Waals surface area contributed by atoms with Gasteiger partial charge in [-0.05, 0) is 31.4 Å². The molecule has 0 aliphatic carbocycles. The molecule has 2 fully saturated rings. The molecule has 2 atom stereocenters. The fourth-order valence-corrected chi connectivity index (χ4v) is 3.24. The highest BCUT2D eigenvalue weighted by Gasteiger charge is 2.40. The van der Waals surface area contributed by atoms with Gasteiger partial charge in [0.2, 0.25) is 0 Å². The maximum atomic E-state index is 12.3. The summed E-state index contributed by atoms with van der Waals surface area (Å²) in [6.07, 6.45) is 4.50. The van der Waals surface area contributed by atoms with E-state index in [4.69, 9.17) is 0 Å². The molecule has 0 saturated carbocycles. The number of hydrogen-bond donors (Lipinski definition) is 0. The van der Waals surface area contributed by atoms with Crippen molar-refractivity contribution in [1.29, 1.82) is 0 Å². The number of carbonyl (C=O) groups excluding carboxylic acids is 1. The lowest BCUT2D eigenvalue weighted by Gasteiger charge is -2.27. The van der Waals surface area contributed by atoms with Crippen LogP contribution in [0.1, 0.15) is 24.8 Å². The summed E-state index contributed by atoms with van der Waals surface area (Å²) in [5.74, 6) is 0.731. The normalized spacial score (nSPS) is 29.3. The van der Waals surface area contributed by atoms with Gasteiger partial charge in [0, 0.05) is 12.5 Å². The molecule has 0 radical (unpaired) electrons. The highest BCUT2D eigenvalue weighted by Crippen LogP contribution is 2.29. The lowest BCUT2D eigenvalue weighted by Crippen LogP contribution is -2.37. The predicted octanol–water partition coefficient (Wildman–Crippen LogP) is 2.28. The summed E-state index contributed by atoms with van der Waals surface area (Å²) in [5.41, 5.74) is 1.30. The Bertz CT molecular complexity index is 401. The highest BCUT2D eigenvalue weighted by molar-refractivity contribution is 5.88. The lowest BCUT2D eigenvalue weighted by molar-refractivity contribution is -0.123. The van der Waals surface area contributed by atoms with Gasteiger partial charge >= 0.3 is 0 Å². The molecule has 2 unspecified atom stereocenters. The van der Waals surface area contributed by atoms with E-state index in [1.54, 1.807) is 0 Å². The van der Waals surface area contributed by atoms with E-state index >= 15 is 0 Å². The number of hydrogen-bond acceptors (Lipinski definition) is 2. The van der Waals surface area contributed by atoms with Crippen LogP contribution < -0.4 is 0 Å². The Morgan fingerprint density at radius 2 is 2.00 bits per heavy atom. The van der Waals surface area contributed by atoms with Gasteiger partial charge in [0.15, 0.2) is 5.78 Å². The average Bonchev–Trinajstić information content (AvgIpc) is 2.68. The Kier molecular flexibility index (Phi) is 2.98. The quantitative estimate of drug-likeness (QED) is 0.775. The third-order valence-electron chi connectivity index (χ3n) is 4.12. The summed E-state index contributed by atoms with van der Waals surface area (Å²) in [7, 11) is 0. The third kappa shape index (κ3) is 2.14. The van der Waals surface area contributed by atoms with E-state index in [2.05, 4.69) is 29.2 Å². The van der Waals surface area contributed by atoms with Gasteiger partial charge in [-0.25, -0.2) is 0 Å². The molecule has 3 rings (SSSR count). The van der Waals surface area contributed by atoms with Crippen molar-refractivity contribution in [3.8, 4) is 0 Å². The van der Waals surface area contributed by atoms with Gasteiger partial charge in [-0.1, -0.05) is 36.8 Å². The zero-order valence-corrected chi connectivity index (χ0v) is 10.1. The predicted molar refractivity (Wildman–Crippen MR) is 67.9 cm³/mol. The summed E-state index contributed by atoms with van der Waals surface area (Å²) in [6.45, 7) is 2.11. The summed E-state index contributed by atoms with van der Waals surface area (Å²) in [5, 5.41) is 0. The molecule has 1 aromatic rings. The first-order chi connectivity index (χ1) is 8.34. The van der Waals surface area contributed by atoms with Crippen molar-refractivity contribution >= 4 is 5.78 Å². The maximum absolute atomic E-state index is 12.3. The molecule has 2 saturated heterocycles. The van der Waals surface area contributed by atoms with Gasteiger partial charge in [0.05, 0.1) is 6.04 Å². The molecular weight excluding hydrogens is 210 g/mol. The van der Waals surface area contributed by atoms with Crippen LogP contribution in [0.15, 0.2) is 30.3 Å². The number of benzene rings is 1. The van der Waals surface area contributed by atoms with E-state index in [0.717, 1.165) is 25.9 Å². The van der Waals surface area contributed by atoms with Gasteiger partial charge < -0.3 is 0 Å². The van der Waals surface area contributed by atoms with Crippen molar-refractivity contribution in [2.45, 2.75) is 31.7 Å². The average molecular weight is 229 g/mol. The van der Waals surface area contributed by atoms with E-state index in [0.29, 0.717) is 5.78 Å². The van der Waals surface area contributed by atoms with Crippen molar-refractivity contribution in [3.05, 3.63) is 35.9 Å². The molecule has 1 aromatic carbocycles. The van der Waals surface area contributed by atoms with Crippen LogP contribution in [0.3, 0.4) is 0 Å². The molecule has 0 N–H and O–H groups in total. The topological polar surface area (TPSA) is 20.3 Å². The van der Waals surface area contributed by atoms with Crippen LogP contribution in [-0.2, 0) is 11.2 Å². The minimum atomic E-state index is 0.237. The number of fused-ring (bicyclic) bond motifs is 1. The zero-order chi connectivity index (χ0) is 11.7. The molecule has 17 heavy (non-hydrogen) atoms. The van der Waals surface area contributed by atoms with Gasteiger partial charge in [-0.2, -0.15) is 0 Å². The van der Waals surface area contributed by atoms with Crippen LogP contribution in [0.5, 0.6) is 0 Å². The molecule has 0 spiro atoms. The zero-order valence-electron chi connectivity index (χ0n) is 10.1. The van der Waals surface area contributed by atoms with Crippen LogP contribution in [0.2, 0.25) is 0 Å². The van der Waals surface area contributed by atoms with E-state index < -0.39 is 0 Å². The maximum Gasteiger partial charge on any atom is 0.154 e. The van der Waals surface area contributed by atoms with Crippen LogP contribution in [0.4, 0.5) is 0 Å². The van der Waals surface area contributed by atoms with Crippen LogP contribution in [0, 0.1) is 5.92 Å². The molecule has 2 aliphatic heterocycles. The second-order valence-corrected chi connectivity index (χ2v) is 5.30. The van der Waals surface area contributed by atoms with E-state index in [1.807, 2.05) is 6.07 Å². The molecular formula is C15H19NO. The highest BCUT2D eigenvalue weighted by atomic mass is 16.1. The fraction of sp³-hybridized carbons (Fsp3) is 0.533. The first kappa shape index (κ1) is 11.0.